The molecule has 0 N–H and O–H groups in total. The van der Waals surface area contributed by atoms with Gasteiger partial charge in [0.1, 0.15) is 7.85 Å². The van der Waals surface area contributed by atoms with Gasteiger partial charge in [0.2, 0.25) is 0 Å². The lowest BCUT2D eigenvalue weighted by molar-refractivity contribution is -0.221. The van der Waals surface area contributed by atoms with Gasteiger partial charge in [-0.25, -0.2) is 0 Å². The molecule has 0 radical (unpaired) electrons. The maximum Gasteiger partial charge on any atom is 0.105 e. The minimum Gasteiger partial charge on any atom is -0.377 e. The minimum atomic E-state index is 0.369. The first-order chi connectivity index (χ1) is 10.4. The van der Waals surface area contributed by atoms with Crippen molar-refractivity contribution in [2.45, 2.75) is 83.6 Å². The van der Waals surface area contributed by atoms with E-state index in [1.807, 2.05) is 0 Å². The Hall–Kier alpha value is -0.0151. The zero-order chi connectivity index (χ0) is 16.0. The first kappa shape index (κ1) is 16.8. The maximum atomic E-state index is 5.80. The highest BCUT2D eigenvalue weighted by Gasteiger charge is 2.58. The van der Waals surface area contributed by atoms with E-state index < -0.39 is 0 Å². The van der Waals surface area contributed by atoms with Crippen molar-refractivity contribution < 1.29 is 4.74 Å². The number of ether oxygens (including phenoxy) is 1. The largest absolute Gasteiger partial charge is 0.377 e. The minimum absolute atomic E-state index is 0.369. The third kappa shape index (κ3) is 2.57. The van der Waals surface area contributed by atoms with Crippen molar-refractivity contribution in [3.63, 3.8) is 0 Å². The fraction of sp³-hybridized carbons (Fsp3) is 1.00. The summed E-state index contributed by atoms with van der Waals surface area (Å²) in [6.07, 6.45) is 8.46. The maximum absolute atomic E-state index is 5.80. The molecule has 1 spiro atoms. The number of nitrogens with zero attached hydrogens (tertiary/aromatic N) is 1. The van der Waals surface area contributed by atoms with Crippen LogP contribution in [0.15, 0.2) is 0 Å². The molecular weight excluding hydrogens is 269 g/mol. The average molecular weight is 305 g/mol. The first-order valence-corrected chi connectivity index (χ1v) is 9.77. The molecule has 4 atom stereocenters. The number of fused-ring (bicyclic) bond motifs is 2. The Balaban J connectivity index is 1.93. The number of hydrogen-bond acceptors (Lipinski definition) is 2. The van der Waals surface area contributed by atoms with Gasteiger partial charge in [-0.3, -0.25) is 4.90 Å². The van der Waals surface area contributed by atoms with Crippen LogP contribution in [0.25, 0.3) is 0 Å². The van der Waals surface area contributed by atoms with Crippen molar-refractivity contribution in [1.29, 1.82) is 0 Å². The lowest BCUT2D eigenvalue weighted by atomic mass is 9.53. The highest BCUT2D eigenvalue weighted by atomic mass is 16.5. The number of hydrogen-bond donors (Lipinski definition) is 0. The van der Waals surface area contributed by atoms with E-state index in [1.54, 1.807) is 0 Å². The van der Waals surface area contributed by atoms with Crippen LogP contribution in [0.1, 0.15) is 66.2 Å². The lowest BCUT2D eigenvalue weighted by Gasteiger charge is -2.64. The van der Waals surface area contributed by atoms with Crippen molar-refractivity contribution >= 4 is 7.85 Å². The number of likely N-dealkylation sites (tertiary alicyclic amines) is 1. The van der Waals surface area contributed by atoms with Crippen LogP contribution in [0.2, 0.25) is 5.82 Å². The van der Waals surface area contributed by atoms with E-state index in [-0.39, 0.29) is 0 Å². The van der Waals surface area contributed by atoms with E-state index in [2.05, 4.69) is 40.4 Å². The summed E-state index contributed by atoms with van der Waals surface area (Å²) in [7, 11) is 2.49. The van der Waals surface area contributed by atoms with E-state index in [0.29, 0.717) is 17.0 Å². The molecule has 1 saturated carbocycles. The molecule has 2 aliphatic heterocycles. The third-order valence-corrected chi connectivity index (χ3v) is 7.49. The molecule has 2 heterocycles. The van der Waals surface area contributed by atoms with Crippen LogP contribution in [0.4, 0.5) is 0 Å². The van der Waals surface area contributed by atoms with Gasteiger partial charge >= 0.3 is 0 Å². The second-order valence-electron chi connectivity index (χ2n) is 9.13. The topological polar surface area (TPSA) is 12.5 Å². The van der Waals surface area contributed by atoms with Crippen molar-refractivity contribution in [3.8, 4) is 0 Å². The number of rotatable bonds is 2. The van der Waals surface area contributed by atoms with Gasteiger partial charge < -0.3 is 4.74 Å². The van der Waals surface area contributed by atoms with Crippen LogP contribution in [0.3, 0.4) is 0 Å². The van der Waals surface area contributed by atoms with E-state index in [0.717, 1.165) is 30.9 Å². The summed E-state index contributed by atoms with van der Waals surface area (Å²) in [5.74, 6) is 2.66. The standard InChI is InChI=1S/C19H36BNO/c1-5-18(4)11-15(20)7-6-8-17-16(18)9-10-21(14(2)3)19(17)12-22-13-19/h14-17H,5-13,20H2,1-4H3. The van der Waals surface area contributed by atoms with Gasteiger partial charge in [-0.05, 0) is 50.5 Å². The molecule has 2 nitrogen and oxygen atoms in total. The van der Waals surface area contributed by atoms with Crippen molar-refractivity contribution in [2.75, 3.05) is 19.8 Å². The molecule has 0 amide bonds. The second kappa shape index (κ2) is 6.13. The molecule has 3 rings (SSSR count). The molecule has 126 valence electrons. The van der Waals surface area contributed by atoms with Gasteiger partial charge in [-0.15, -0.1) is 0 Å². The Morgan fingerprint density at radius 3 is 2.45 bits per heavy atom. The lowest BCUT2D eigenvalue weighted by Crippen LogP contribution is -2.72. The summed E-state index contributed by atoms with van der Waals surface area (Å²) in [6, 6.07) is 0.655. The molecule has 0 aromatic rings. The predicted molar refractivity (Wildman–Crippen MR) is 96.1 cm³/mol. The predicted octanol–water partition coefficient (Wildman–Crippen LogP) is 3.51. The molecule has 3 aliphatic rings. The Kier molecular flexibility index (Phi) is 4.69. The van der Waals surface area contributed by atoms with Gasteiger partial charge in [0.25, 0.3) is 0 Å². The van der Waals surface area contributed by atoms with E-state index in [9.17, 15) is 0 Å². The Bertz CT molecular complexity index is 395. The Morgan fingerprint density at radius 1 is 1.18 bits per heavy atom. The zero-order valence-corrected chi connectivity index (χ0v) is 15.5. The van der Waals surface area contributed by atoms with Gasteiger partial charge in [-0.2, -0.15) is 0 Å². The van der Waals surface area contributed by atoms with Crippen LogP contribution in [-0.2, 0) is 4.74 Å². The highest BCUT2D eigenvalue weighted by Crippen LogP contribution is 2.56. The van der Waals surface area contributed by atoms with E-state index in [4.69, 9.17) is 4.74 Å². The third-order valence-electron chi connectivity index (χ3n) is 7.49. The van der Waals surface area contributed by atoms with Gasteiger partial charge in [0.05, 0.1) is 18.8 Å². The quantitative estimate of drug-likeness (QED) is 0.724. The molecule has 2 saturated heterocycles. The zero-order valence-electron chi connectivity index (χ0n) is 15.5. The van der Waals surface area contributed by atoms with Crippen LogP contribution in [0.5, 0.6) is 0 Å². The van der Waals surface area contributed by atoms with Crippen LogP contribution in [-0.4, -0.2) is 44.1 Å². The molecule has 3 heteroatoms. The van der Waals surface area contributed by atoms with Gasteiger partial charge in [0.15, 0.2) is 0 Å². The Morgan fingerprint density at radius 2 is 1.91 bits per heavy atom. The SMILES string of the molecule is BC1CCCC2C(CCN(C(C)C)C23COC3)C(C)(CC)C1. The molecule has 1 aliphatic carbocycles. The van der Waals surface area contributed by atoms with E-state index in [1.165, 1.54) is 45.1 Å². The summed E-state index contributed by atoms with van der Waals surface area (Å²) in [4.78, 5) is 2.80. The smallest absolute Gasteiger partial charge is 0.105 e. The summed E-state index contributed by atoms with van der Waals surface area (Å²) in [6.45, 7) is 13.1. The van der Waals surface area contributed by atoms with Crippen molar-refractivity contribution in [3.05, 3.63) is 0 Å². The molecule has 22 heavy (non-hydrogen) atoms. The highest BCUT2D eigenvalue weighted by molar-refractivity contribution is 6.11. The van der Waals surface area contributed by atoms with Crippen LogP contribution >= 0.6 is 0 Å². The Labute approximate surface area is 138 Å². The second-order valence-corrected chi connectivity index (χ2v) is 9.13. The van der Waals surface area contributed by atoms with Crippen LogP contribution < -0.4 is 0 Å². The normalized spacial score (nSPS) is 42.5. The summed E-state index contributed by atoms with van der Waals surface area (Å²) in [5.41, 5.74) is 0.907. The number of piperidine rings is 1. The summed E-state index contributed by atoms with van der Waals surface area (Å²) in [5, 5.41) is 0. The average Bonchev–Trinajstić information content (AvgIpc) is 2.42. The summed E-state index contributed by atoms with van der Waals surface area (Å²) < 4.78 is 5.80. The van der Waals surface area contributed by atoms with Crippen molar-refractivity contribution in [2.24, 2.45) is 17.3 Å². The van der Waals surface area contributed by atoms with Gasteiger partial charge in [-0.1, -0.05) is 45.3 Å². The fourth-order valence-electron chi connectivity index (χ4n) is 6.20. The molecule has 3 fully saturated rings. The summed E-state index contributed by atoms with van der Waals surface area (Å²) >= 11 is 0. The van der Waals surface area contributed by atoms with E-state index >= 15 is 0 Å². The fourth-order valence-corrected chi connectivity index (χ4v) is 6.20. The molecule has 0 bridgehead atoms. The molecule has 0 aromatic carbocycles. The monoisotopic (exact) mass is 305 g/mol. The van der Waals surface area contributed by atoms with Gasteiger partial charge in [0, 0.05) is 6.04 Å². The molecular formula is C19H36BNO. The first-order valence-electron chi connectivity index (χ1n) is 9.77. The van der Waals surface area contributed by atoms with Crippen molar-refractivity contribution in [1.82, 2.24) is 4.90 Å². The molecule has 4 unspecified atom stereocenters. The molecule has 0 aromatic heterocycles. The van der Waals surface area contributed by atoms with Crippen LogP contribution in [0, 0.1) is 17.3 Å².